The number of aromatic amines is 1. The third-order valence-electron chi connectivity index (χ3n) is 3.84. The van der Waals surface area contributed by atoms with E-state index < -0.39 is 5.97 Å². The van der Waals surface area contributed by atoms with Gasteiger partial charge in [-0.3, -0.25) is 4.79 Å². The fraction of sp³-hybridized carbons (Fsp3) is 0.250. The zero-order valence-corrected chi connectivity index (χ0v) is 11.0. The molecule has 0 aliphatic heterocycles. The van der Waals surface area contributed by atoms with Crippen molar-refractivity contribution in [1.82, 2.24) is 4.98 Å². The molecule has 0 atom stereocenters. The molecule has 0 saturated heterocycles. The Morgan fingerprint density at radius 3 is 2.65 bits per heavy atom. The topological polar surface area (TPSA) is 70.2 Å². The lowest BCUT2D eigenvalue weighted by Gasteiger charge is -2.18. The minimum Gasteiger partial charge on any atom is -0.478 e. The second kappa shape index (κ2) is 4.96. The first-order chi connectivity index (χ1) is 9.66. The molecule has 0 saturated carbocycles. The molecular formula is C16H15NO3. The Hall–Kier alpha value is -2.36. The predicted octanol–water partition coefficient (Wildman–Crippen LogP) is 2.62. The van der Waals surface area contributed by atoms with Gasteiger partial charge in [0.15, 0.2) is 0 Å². The molecule has 1 aromatic heterocycles. The number of carbonyl (C=O) groups is 1. The van der Waals surface area contributed by atoms with Crippen LogP contribution in [0.3, 0.4) is 0 Å². The van der Waals surface area contributed by atoms with Gasteiger partial charge in [-0.05, 0) is 48.9 Å². The van der Waals surface area contributed by atoms with Crippen LogP contribution in [0.1, 0.15) is 34.3 Å². The number of carboxylic acid groups (broad SMARTS) is 1. The molecule has 0 amide bonds. The quantitative estimate of drug-likeness (QED) is 0.880. The molecular weight excluding hydrogens is 254 g/mol. The van der Waals surface area contributed by atoms with Crippen LogP contribution in [0, 0.1) is 0 Å². The summed E-state index contributed by atoms with van der Waals surface area (Å²) in [5.74, 6) is -0.940. The number of aromatic carboxylic acids is 1. The molecule has 1 aromatic carbocycles. The van der Waals surface area contributed by atoms with Crippen LogP contribution in [0.2, 0.25) is 0 Å². The van der Waals surface area contributed by atoms with E-state index in [4.69, 9.17) is 5.11 Å². The highest BCUT2D eigenvalue weighted by Gasteiger charge is 2.17. The van der Waals surface area contributed by atoms with Gasteiger partial charge in [-0.2, -0.15) is 0 Å². The number of benzene rings is 1. The Labute approximate surface area is 116 Å². The number of hydrogen-bond donors (Lipinski definition) is 2. The lowest BCUT2D eigenvalue weighted by atomic mass is 9.87. The van der Waals surface area contributed by atoms with Crippen molar-refractivity contribution in [3.63, 3.8) is 0 Å². The maximum Gasteiger partial charge on any atom is 0.335 e. The normalized spacial score (nSPS) is 13.8. The standard InChI is InChI=1S/C16H15NO3/c18-15-13-7-2-1-6-12(13)14(9-17-15)10-4-3-5-11(8-10)16(19)20/h3-5,8-9H,1-2,6-7H2,(H,17,18)(H,19,20). The number of fused-ring (bicyclic) bond motifs is 1. The van der Waals surface area contributed by atoms with Crippen LogP contribution in [0.4, 0.5) is 0 Å². The van der Waals surface area contributed by atoms with Crippen LogP contribution in [-0.2, 0) is 12.8 Å². The number of H-pyrrole nitrogens is 1. The van der Waals surface area contributed by atoms with Crippen LogP contribution in [0.25, 0.3) is 11.1 Å². The zero-order valence-electron chi connectivity index (χ0n) is 11.0. The highest BCUT2D eigenvalue weighted by atomic mass is 16.4. The minimum atomic E-state index is -0.940. The first kappa shape index (κ1) is 12.7. The van der Waals surface area contributed by atoms with Crippen molar-refractivity contribution in [1.29, 1.82) is 0 Å². The largest absolute Gasteiger partial charge is 0.478 e. The van der Waals surface area contributed by atoms with Crippen LogP contribution >= 0.6 is 0 Å². The van der Waals surface area contributed by atoms with Crippen LogP contribution in [0.5, 0.6) is 0 Å². The molecule has 3 rings (SSSR count). The lowest BCUT2D eigenvalue weighted by Crippen LogP contribution is -2.19. The maximum absolute atomic E-state index is 11.9. The van der Waals surface area contributed by atoms with Crippen molar-refractivity contribution in [3.8, 4) is 11.1 Å². The van der Waals surface area contributed by atoms with Gasteiger partial charge in [-0.25, -0.2) is 4.79 Å². The summed E-state index contributed by atoms with van der Waals surface area (Å²) in [7, 11) is 0. The van der Waals surface area contributed by atoms with Gasteiger partial charge < -0.3 is 10.1 Å². The summed E-state index contributed by atoms with van der Waals surface area (Å²) in [6, 6.07) is 6.85. The van der Waals surface area contributed by atoms with Crippen LogP contribution in [-0.4, -0.2) is 16.1 Å². The fourth-order valence-corrected chi connectivity index (χ4v) is 2.84. The van der Waals surface area contributed by atoms with Crippen molar-refractivity contribution in [3.05, 3.63) is 57.5 Å². The van der Waals surface area contributed by atoms with Crippen molar-refractivity contribution >= 4 is 5.97 Å². The lowest BCUT2D eigenvalue weighted by molar-refractivity contribution is 0.0697. The van der Waals surface area contributed by atoms with E-state index in [2.05, 4.69) is 4.98 Å². The van der Waals surface area contributed by atoms with Crippen LogP contribution in [0.15, 0.2) is 35.3 Å². The Morgan fingerprint density at radius 1 is 1.15 bits per heavy atom. The molecule has 2 N–H and O–H groups in total. The molecule has 0 radical (unpaired) electrons. The predicted molar refractivity (Wildman–Crippen MR) is 76.1 cm³/mol. The summed E-state index contributed by atoms with van der Waals surface area (Å²) in [5, 5.41) is 9.08. The molecule has 2 aromatic rings. The number of aromatic nitrogens is 1. The van der Waals surface area contributed by atoms with E-state index in [0.717, 1.165) is 47.9 Å². The minimum absolute atomic E-state index is 0.0159. The van der Waals surface area contributed by atoms with Crippen molar-refractivity contribution in [2.75, 3.05) is 0 Å². The van der Waals surface area contributed by atoms with Gasteiger partial charge in [0.2, 0.25) is 0 Å². The van der Waals surface area contributed by atoms with E-state index in [1.54, 1.807) is 24.4 Å². The van der Waals surface area contributed by atoms with E-state index in [0.29, 0.717) is 0 Å². The third kappa shape index (κ3) is 2.13. The number of pyridine rings is 1. The number of hydrogen-bond acceptors (Lipinski definition) is 2. The summed E-state index contributed by atoms with van der Waals surface area (Å²) in [6.45, 7) is 0. The average molecular weight is 269 g/mol. The van der Waals surface area contributed by atoms with E-state index in [-0.39, 0.29) is 11.1 Å². The fourth-order valence-electron chi connectivity index (χ4n) is 2.84. The highest BCUT2D eigenvalue weighted by molar-refractivity contribution is 5.89. The van der Waals surface area contributed by atoms with Gasteiger partial charge in [0, 0.05) is 17.3 Å². The van der Waals surface area contributed by atoms with Crippen molar-refractivity contribution < 1.29 is 9.90 Å². The SMILES string of the molecule is O=C(O)c1cccc(-c2c[nH]c(=O)c3c2CCCC3)c1. The monoisotopic (exact) mass is 269 g/mol. The molecule has 0 spiro atoms. The molecule has 1 heterocycles. The third-order valence-corrected chi connectivity index (χ3v) is 3.84. The molecule has 0 bridgehead atoms. The zero-order chi connectivity index (χ0) is 14.1. The number of nitrogens with one attached hydrogen (secondary N) is 1. The van der Waals surface area contributed by atoms with Gasteiger partial charge in [-0.15, -0.1) is 0 Å². The smallest absolute Gasteiger partial charge is 0.335 e. The van der Waals surface area contributed by atoms with E-state index in [1.165, 1.54) is 0 Å². The van der Waals surface area contributed by atoms with E-state index >= 15 is 0 Å². The Balaban J connectivity index is 2.18. The van der Waals surface area contributed by atoms with E-state index in [9.17, 15) is 9.59 Å². The Kier molecular flexibility index (Phi) is 3.14. The second-order valence-corrected chi connectivity index (χ2v) is 5.08. The number of rotatable bonds is 2. The van der Waals surface area contributed by atoms with Gasteiger partial charge in [0.25, 0.3) is 5.56 Å². The molecule has 4 nitrogen and oxygen atoms in total. The molecule has 4 heteroatoms. The summed E-state index contributed by atoms with van der Waals surface area (Å²) < 4.78 is 0. The summed E-state index contributed by atoms with van der Waals surface area (Å²) in [6.07, 6.45) is 5.49. The first-order valence-electron chi connectivity index (χ1n) is 6.74. The Morgan fingerprint density at radius 2 is 1.90 bits per heavy atom. The summed E-state index contributed by atoms with van der Waals surface area (Å²) >= 11 is 0. The van der Waals surface area contributed by atoms with Crippen molar-refractivity contribution in [2.45, 2.75) is 25.7 Å². The summed E-state index contributed by atoms with van der Waals surface area (Å²) in [5.41, 5.74) is 3.97. The molecule has 1 aliphatic carbocycles. The van der Waals surface area contributed by atoms with Crippen LogP contribution < -0.4 is 5.56 Å². The van der Waals surface area contributed by atoms with Gasteiger partial charge in [0.05, 0.1) is 5.56 Å². The molecule has 102 valence electrons. The highest BCUT2D eigenvalue weighted by Crippen LogP contribution is 2.29. The number of carboxylic acids is 1. The van der Waals surface area contributed by atoms with E-state index in [1.807, 2.05) is 6.07 Å². The molecule has 0 unspecified atom stereocenters. The summed E-state index contributed by atoms with van der Waals surface area (Å²) in [4.78, 5) is 25.7. The maximum atomic E-state index is 11.9. The molecule has 0 fully saturated rings. The Bertz CT molecular complexity index is 731. The second-order valence-electron chi connectivity index (χ2n) is 5.08. The molecule has 1 aliphatic rings. The van der Waals surface area contributed by atoms with Gasteiger partial charge >= 0.3 is 5.97 Å². The molecule has 20 heavy (non-hydrogen) atoms. The van der Waals surface area contributed by atoms with Crippen molar-refractivity contribution in [2.24, 2.45) is 0 Å². The van der Waals surface area contributed by atoms with Gasteiger partial charge in [0.1, 0.15) is 0 Å². The first-order valence-corrected chi connectivity index (χ1v) is 6.74. The van der Waals surface area contributed by atoms with Gasteiger partial charge in [-0.1, -0.05) is 12.1 Å². The average Bonchev–Trinajstić information content (AvgIpc) is 2.48.